The third-order valence-corrected chi connectivity index (χ3v) is 3.06. The Bertz CT molecular complexity index is 521. The Hall–Kier alpha value is -1.60. The first-order valence-corrected chi connectivity index (χ1v) is 4.94. The number of nitrogens with zero attached hydrogens (tertiary/aromatic N) is 2. The van der Waals surface area contributed by atoms with Crippen molar-refractivity contribution >= 4 is 33.8 Å². The molecular weight excluding hydrogens is 242 g/mol. The molecule has 0 unspecified atom stereocenters. The van der Waals surface area contributed by atoms with Gasteiger partial charge in [0, 0.05) is 6.07 Å². The summed E-state index contributed by atoms with van der Waals surface area (Å²) in [5.41, 5.74) is 5.38. The lowest BCUT2D eigenvalue weighted by Gasteiger charge is -1.87. The van der Waals surface area contributed by atoms with Gasteiger partial charge in [-0.3, -0.25) is 10.1 Å². The molecule has 0 saturated carbocycles. The van der Waals surface area contributed by atoms with Crippen molar-refractivity contribution in [3.05, 3.63) is 27.3 Å². The van der Waals surface area contributed by atoms with E-state index < -0.39 is 4.92 Å². The highest BCUT2D eigenvalue weighted by atomic mass is 35.5. The van der Waals surface area contributed by atoms with Crippen molar-refractivity contribution in [2.45, 2.75) is 0 Å². The molecule has 0 atom stereocenters. The summed E-state index contributed by atoms with van der Waals surface area (Å²) < 4.78 is 4.86. The SMILES string of the molecule is Nc1noc(-c2ccc([N+](=O)[O-])s2)c1Cl. The maximum absolute atomic E-state index is 10.4. The summed E-state index contributed by atoms with van der Waals surface area (Å²) in [6, 6.07) is 2.91. The van der Waals surface area contributed by atoms with E-state index in [0.717, 1.165) is 11.3 Å². The quantitative estimate of drug-likeness (QED) is 0.648. The molecule has 2 aromatic heterocycles. The molecule has 0 saturated heterocycles. The lowest BCUT2D eigenvalue weighted by molar-refractivity contribution is -0.380. The Morgan fingerprint density at radius 2 is 2.33 bits per heavy atom. The van der Waals surface area contributed by atoms with Crippen LogP contribution in [0.4, 0.5) is 10.8 Å². The first kappa shape index (κ1) is 9.94. The average molecular weight is 246 g/mol. The smallest absolute Gasteiger partial charge is 0.324 e. The van der Waals surface area contributed by atoms with Crippen molar-refractivity contribution in [3.63, 3.8) is 0 Å². The van der Waals surface area contributed by atoms with Gasteiger partial charge in [-0.2, -0.15) is 0 Å². The summed E-state index contributed by atoms with van der Waals surface area (Å²) in [5.74, 6) is 0.329. The minimum absolute atomic E-state index is 0.0102. The fourth-order valence-corrected chi connectivity index (χ4v) is 2.02. The summed E-state index contributed by atoms with van der Waals surface area (Å²) in [4.78, 5) is 10.5. The molecule has 15 heavy (non-hydrogen) atoms. The molecule has 0 fully saturated rings. The molecule has 2 N–H and O–H groups in total. The highest BCUT2D eigenvalue weighted by Gasteiger charge is 2.18. The van der Waals surface area contributed by atoms with Crippen molar-refractivity contribution < 1.29 is 9.45 Å². The summed E-state index contributed by atoms with van der Waals surface area (Å²) in [6.45, 7) is 0. The van der Waals surface area contributed by atoms with E-state index in [-0.39, 0.29) is 21.6 Å². The minimum Gasteiger partial charge on any atom is -0.380 e. The van der Waals surface area contributed by atoms with Crippen LogP contribution in [0.25, 0.3) is 10.6 Å². The molecule has 6 nitrogen and oxygen atoms in total. The number of anilines is 1. The second-order valence-electron chi connectivity index (χ2n) is 2.61. The molecule has 78 valence electrons. The third kappa shape index (κ3) is 1.66. The van der Waals surface area contributed by atoms with Gasteiger partial charge in [0.1, 0.15) is 5.02 Å². The molecule has 2 heterocycles. The zero-order valence-corrected chi connectivity index (χ0v) is 8.71. The summed E-state index contributed by atoms with van der Waals surface area (Å²) in [7, 11) is 0. The highest BCUT2D eigenvalue weighted by Crippen LogP contribution is 2.38. The van der Waals surface area contributed by atoms with Crippen molar-refractivity contribution in [2.24, 2.45) is 0 Å². The van der Waals surface area contributed by atoms with Gasteiger partial charge < -0.3 is 10.3 Å². The fraction of sp³-hybridized carbons (Fsp3) is 0. The Morgan fingerprint density at radius 1 is 1.60 bits per heavy atom. The summed E-state index contributed by atoms with van der Waals surface area (Å²) in [6.07, 6.45) is 0. The van der Waals surface area contributed by atoms with Crippen molar-refractivity contribution in [3.8, 4) is 10.6 Å². The number of nitrogen functional groups attached to an aromatic ring is 1. The Labute approximate surface area is 92.4 Å². The maximum Gasteiger partial charge on any atom is 0.324 e. The van der Waals surface area contributed by atoms with Crippen LogP contribution in [0.3, 0.4) is 0 Å². The topological polar surface area (TPSA) is 95.2 Å². The number of hydrogen-bond acceptors (Lipinski definition) is 6. The summed E-state index contributed by atoms with van der Waals surface area (Å²) >= 11 is 6.74. The van der Waals surface area contributed by atoms with Gasteiger partial charge in [-0.15, -0.1) is 0 Å². The molecule has 2 aromatic rings. The van der Waals surface area contributed by atoms with Gasteiger partial charge in [0.05, 0.1) is 9.80 Å². The number of aromatic nitrogens is 1. The van der Waals surface area contributed by atoms with E-state index >= 15 is 0 Å². The lowest BCUT2D eigenvalue weighted by Crippen LogP contribution is -1.82. The first-order chi connectivity index (χ1) is 7.09. The molecule has 0 bridgehead atoms. The monoisotopic (exact) mass is 245 g/mol. The Balaban J connectivity index is 2.46. The molecule has 0 spiro atoms. The maximum atomic E-state index is 10.4. The van der Waals surface area contributed by atoms with Gasteiger partial charge in [-0.1, -0.05) is 28.1 Å². The number of thiophene rings is 1. The van der Waals surface area contributed by atoms with Crippen molar-refractivity contribution in [1.29, 1.82) is 0 Å². The highest BCUT2D eigenvalue weighted by molar-refractivity contribution is 7.18. The van der Waals surface area contributed by atoms with Gasteiger partial charge in [-0.05, 0) is 6.07 Å². The van der Waals surface area contributed by atoms with Crippen LogP contribution in [-0.2, 0) is 0 Å². The molecule has 0 amide bonds. The van der Waals surface area contributed by atoms with Gasteiger partial charge >= 0.3 is 5.00 Å². The van der Waals surface area contributed by atoms with Gasteiger partial charge in [0.15, 0.2) is 11.6 Å². The number of rotatable bonds is 2. The predicted octanol–water partition coefficient (Wildman–Crippen LogP) is 2.55. The molecule has 0 aromatic carbocycles. The van der Waals surface area contributed by atoms with Gasteiger partial charge in [0.2, 0.25) is 0 Å². The number of nitrogens with two attached hydrogens (primary N) is 1. The third-order valence-electron chi connectivity index (χ3n) is 1.66. The van der Waals surface area contributed by atoms with Crippen LogP contribution in [-0.4, -0.2) is 10.1 Å². The number of hydrogen-bond donors (Lipinski definition) is 1. The zero-order valence-electron chi connectivity index (χ0n) is 7.14. The fourth-order valence-electron chi connectivity index (χ4n) is 0.992. The standard InChI is InChI=1S/C7H4ClN3O3S/c8-5-6(14-10-7(5)9)3-1-2-4(15-3)11(12)13/h1-2H,(H2,9,10). The number of halogens is 1. The number of nitro groups is 1. The molecule has 2 rings (SSSR count). The molecule has 0 aliphatic carbocycles. The Morgan fingerprint density at radius 3 is 2.80 bits per heavy atom. The normalized spacial score (nSPS) is 10.5. The second-order valence-corrected chi connectivity index (χ2v) is 4.05. The van der Waals surface area contributed by atoms with E-state index in [1.54, 1.807) is 0 Å². The lowest BCUT2D eigenvalue weighted by atomic mass is 10.3. The predicted molar refractivity (Wildman–Crippen MR) is 55.9 cm³/mol. The van der Waals surface area contributed by atoms with E-state index in [1.807, 2.05) is 0 Å². The first-order valence-electron chi connectivity index (χ1n) is 3.75. The zero-order chi connectivity index (χ0) is 11.0. The second kappa shape index (κ2) is 3.52. The van der Waals surface area contributed by atoms with Crippen molar-refractivity contribution in [1.82, 2.24) is 5.16 Å². The van der Waals surface area contributed by atoms with E-state index in [1.165, 1.54) is 12.1 Å². The van der Waals surface area contributed by atoms with Crippen LogP contribution in [0.15, 0.2) is 16.7 Å². The molecule has 0 aliphatic rings. The van der Waals surface area contributed by atoms with Gasteiger partial charge in [0.25, 0.3) is 0 Å². The van der Waals surface area contributed by atoms with E-state index in [4.69, 9.17) is 21.9 Å². The van der Waals surface area contributed by atoms with Crippen LogP contribution < -0.4 is 5.73 Å². The largest absolute Gasteiger partial charge is 0.380 e. The minimum atomic E-state index is -0.484. The van der Waals surface area contributed by atoms with Gasteiger partial charge in [-0.25, -0.2) is 0 Å². The van der Waals surface area contributed by atoms with Crippen LogP contribution in [0.2, 0.25) is 5.02 Å². The van der Waals surface area contributed by atoms with Crippen molar-refractivity contribution in [2.75, 3.05) is 5.73 Å². The average Bonchev–Trinajstić information content (AvgIpc) is 2.76. The summed E-state index contributed by atoms with van der Waals surface area (Å²) in [5, 5.41) is 14.1. The van der Waals surface area contributed by atoms with Crippen LogP contribution in [0.5, 0.6) is 0 Å². The molecular formula is C7H4ClN3O3S. The van der Waals surface area contributed by atoms with Crippen LogP contribution in [0.1, 0.15) is 0 Å². The molecule has 0 radical (unpaired) electrons. The van der Waals surface area contributed by atoms with E-state index in [2.05, 4.69) is 5.16 Å². The molecule has 0 aliphatic heterocycles. The van der Waals surface area contributed by atoms with Crippen LogP contribution >= 0.6 is 22.9 Å². The molecule has 8 heteroatoms. The van der Waals surface area contributed by atoms with E-state index in [0.29, 0.717) is 4.88 Å². The van der Waals surface area contributed by atoms with E-state index in [9.17, 15) is 10.1 Å². The Kier molecular flexibility index (Phi) is 2.33. The van der Waals surface area contributed by atoms with Crippen LogP contribution in [0, 0.1) is 10.1 Å².